The normalized spacial score (nSPS) is 11.9. The predicted octanol–water partition coefficient (Wildman–Crippen LogP) is 0.984. The lowest BCUT2D eigenvalue weighted by atomic mass is 10.2. The molecule has 1 unspecified atom stereocenters. The second-order valence-corrected chi connectivity index (χ2v) is 5.24. The number of halogens is 1. The number of hydrogen-bond donors (Lipinski definition) is 2. The van der Waals surface area contributed by atoms with Crippen molar-refractivity contribution in [1.29, 1.82) is 0 Å². The maximum Gasteiger partial charge on any atom is 0.331 e. The lowest BCUT2D eigenvalue weighted by molar-refractivity contribution is -0.148. The van der Waals surface area contributed by atoms with E-state index >= 15 is 0 Å². The Bertz CT molecular complexity index is 421. The van der Waals surface area contributed by atoms with E-state index in [-0.39, 0.29) is 18.9 Å². The van der Waals surface area contributed by atoms with Crippen molar-refractivity contribution < 1.29 is 19.4 Å². The van der Waals surface area contributed by atoms with Gasteiger partial charge in [-0.15, -0.1) is 11.3 Å². The van der Waals surface area contributed by atoms with Crippen LogP contribution >= 0.6 is 22.9 Å². The smallest absolute Gasteiger partial charge is 0.331 e. The van der Waals surface area contributed by atoms with Crippen LogP contribution in [0.5, 0.6) is 0 Å². The van der Waals surface area contributed by atoms with Crippen molar-refractivity contribution in [2.24, 2.45) is 0 Å². The third-order valence-corrected chi connectivity index (χ3v) is 3.28. The highest BCUT2D eigenvalue weighted by molar-refractivity contribution is 7.16. The lowest BCUT2D eigenvalue weighted by Gasteiger charge is -2.14. The minimum absolute atomic E-state index is 0.118. The van der Waals surface area contributed by atoms with Gasteiger partial charge < -0.3 is 15.2 Å². The van der Waals surface area contributed by atoms with Gasteiger partial charge in [-0.05, 0) is 19.1 Å². The van der Waals surface area contributed by atoms with Gasteiger partial charge in [0.2, 0.25) is 5.91 Å². The molecule has 7 heteroatoms. The highest BCUT2D eigenvalue weighted by Gasteiger charge is 2.21. The van der Waals surface area contributed by atoms with Crippen LogP contribution in [0.15, 0.2) is 12.1 Å². The number of carbonyl (C=O) groups is 2. The molecule has 0 aromatic carbocycles. The summed E-state index contributed by atoms with van der Waals surface area (Å²) in [7, 11) is 0. The summed E-state index contributed by atoms with van der Waals surface area (Å²) in [5.41, 5.74) is 0. The second kappa shape index (κ2) is 7.35. The van der Waals surface area contributed by atoms with E-state index in [1.54, 1.807) is 19.1 Å². The van der Waals surface area contributed by atoms with Crippen LogP contribution in [0, 0.1) is 0 Å². The molecule has 0 aliphatic heterocycles. The fourth-order valence-electron chi connectivity index (χ4n) is 1.27. The third kappa shape index (κ3) is 4.64. The zero-order valence-corrected chi connectivity index (χ0v) is 11.4. The van der Waals surface area contributed by atoms with Crippen LogP contribution in [-0.2, 0) is 20.7 Å². The minimum Gasteiger partial charge on any atom is -0.464 e. The van der Waals surface area contributed by atoms with Crippen LogP contribution in [0.1, 0.15) is 11.8 Å². The number of amides is 1. The molecule has 0 radical (unpaired) electrons. The molecule has 1 aromatic rings. The van der Waals surface area contributed by atoms with E-state index in [2.05, 4.69) is 5.32 Å². The molecule has 1 rings (SSSR count). The van der Waals surface area contributed by atoms with Crippen LogP contribution in [0.25, 0.3) is 0 Å². The molecule has 0 saturated heterocycles. The predicted molar refractivity (Wildman–Crippen MR) is 68.7 cm³/mol. The summed E-state index contributed by atoms with van der Waals surface area (Å²) in [6, 6.07) is 2.42. The fraction of sp³-hybridized carbons (Fsp3) is 0.455. The molecule has 5 nitrogen and oxygen atoms in total. The number of esters is 1. The zero-order valence-electron chi connectivity index (χ0n) is 9.81. The number of rotatable bonds is 6. The van der Waals surface area contributed by atoms with Crippen molar-refractivity contribution in [2.45, 2.75) is 19.4 Å². The largest absolute Gasteiger partial charge is 0.464 e. The molecule has 0 spiro atoms. The van der Waals surface area contributed by atoms with E-state index in [0.29, 0.717) is 4.34 Å². The first-order chi connectivity index (χ1) is 8.56. The maximum absolute atomic E-state index is 11.6. The van der Waals surface area contributed by atoms with Gasteiger partial charge in [-0.2, -0.15) is 0 Å². The zero-order chi connectivity index (χ0) is 13.5. The molecule has 100 valence electrons. The Hall–Kier alpha value is -1.11. The quantitative estimate of drug-likeness (QED) is 0.766. The summed E-state index contributed by atoms with van der Waals surface area (Å²) >= 11 is 7.04. The molecule has 1 aromatic heterocycles. The van der Waals surface area contributed by atoms with Crippen molar-refractivity contribution in [2.75, 3.05) is 13.2 Å². The number of aliphatic hydroxyl groups is 1. The summed E-state index contributed by atoms with van der Waals surface area (Å²) in [6.45, 7) is 1.36. The first-order valence-corrected chi connectivity index (χ1v) is 6.57. The van der Waals surface area contributed by atoms with Gasteiger partial charge in [0.25, 0.3) is 0 Å². The fourth-order valence-corrected chi connectivity index (χ4v) is 2.36. The summed E-state index contributed by atoms with van der Waals surface area (Å²) in [6.07, 6.45) is 0.118. The topological polar surface area (TPSA) is 75.6 Å². The Morgan fingerprint density at radius 1 is 1.56 bits per heavy atom. The molecule has 0 bridgehead atoms. The summed E-state index contributed by atoms with van der Waals surface area (Å²) < 4.78 is 5.32. The van der Waals surface area contributed by atoms with Crippen molar-refractivity contribution in [3.63, 3.8) is 0 Å². The molecule has 0 saturated carbocycles. The van der Waals surface area contributed by atoms with Gasteiger partial charge in [0.05, 0.1) is 24.0 Å². The van der Waals surface area contributed by atoms with Gasteiger partial charge in [-0.25, -0.2) is 4.79 Å². The van der Waals surface area contributed by atoms with E-state index in [1.807, 2.05) is 0 Å². The maximum atomic E-state index is 11.6. The second-order valence-electron chi connectivity index (χ2n) is 3.44. The van der Waals surface area contributed by atoms with Gasteiger partial charge in [-0.3, -0.25) is 4.79 Å². The molecule has 1 amide bonds. The minimum atomic E-state index is -1.02. The molecule has 2 N–H and O–H groups in total. The Labute approximate surface area is 114 Å². The Balaban J connectivity index is 2.49. The van der Waals surface area contributed by atoms with Crippen molar-refractivity contribution >= 4 is 34.8 Å². The Kier molecular flexibility index (Phi) is 6.11. The first kappa shape index (κ1) is 14.9. The van der Waals surface area contributed by atoms with E-state index in [9.17, 15) is 9.59 Å². The van der Waals surface area contributed by atoms with Gasteiger partial charge in [-0.1, -0.05) is 11.6 Å². The molecule has 0 aliphatic carbocycles. The third-order valence-electron chi connectivity index (χ3n) is 2.05. The number of thiophene rings is 1. The van der Waals surface area contributed by atoms with Gasteiger partial charge >= 0.3 is 5.97 Å². The van der Waals surface area contributed by atoms with Crippen molar-refractivity contribution in [3.8, 4) is 0 Å². The molecule has 0 fully saturated rings. The Morgan fingerprint density at radius 3 is 2.78 bits per heavy atom. The summed E-state index contributed by atoms with van der Waals surface area (Å²) in [4.78, 5) is 23.8. The average molecular weight is 292 g/mol. The number of nitrogens with one attached hydrogen (secondary N) is 1. The van der Waals surface area contributed by atoms with Crippen LogP contribution in [0.3, 0.4) is 0 Å². The number of carbonyl (C=O) groups excluding carboxylic acids is 2. The molecular formula is C11H14ClNO4S. The highest BCUT2D eigenvalue weighted by atomic mass is 35.5. The first-order valence-electron chi connectivity index (χ1n) is 5.38. The standard InChI is InChI=1S/C11H14ClNO4S/c1-2-17-11(16)8(6-14)13-10(15)5-7-3-4-9(12)18-7/h3-4,8,14H,2,5-6H2,1H3,(H,13,15). The van der Waals surface area contributed by atoms with E-state index in [4.69, 9.17) is 21.4 Å². The SMILES string of the molecule is CCOC(=O)C(CO)NC(=O)Cc1ccc(Cl)s1. The number of aliphatic hydroxyl groups excluding tert-OH is 1. The molecule has 1 heterocycles. The number of ether oxygens (including phenoxy) is 1. The lowest BCUT2D eigenvalue weighted by Crippen LogP contribution is -2.44. The molecule has 0 aliphatic rings. The van der Waals surface area contributed by atoms with Crippen molar-refractivity contribution in [3.05, 3.63) is 21.3 Å². The van der Waals surface area contributed by atoms with Crippen LogP contribution < -0.4 is 5.32 Å². The summed E-state index contributed by atoms with van der Waals surface area (Å²) in [5, 5.41) is 11.4. The monoisotopic (exact) mass is 291 g/mol. The Morgan fingerprint density at radius 2 is 2.28 bits per heavy atom. The van der Waals surface area contributed by atoms with E-state index in [1.165, 1.54) is 11.3 Å². The van der Waals surface area contributed by atoms with E-state index < -0.39 is 18.6 Å². The van der Waals surface area contributed by atoms with Crippen LogP contribution in [0.2, 0.25) is 4.34 Å². The molecule has 18 heavy (non-hydrogen) atoms. The van der Waals surface area contributed by atoms with Gasteiger partial charge in [0.15, 0.2) is 6.04 Å². The summed E-state index contributed by atoms with van der Waals surface area (Å²) in [5.74, 6) is -1.00. The van der Waals surface area contributed by atoms with Crippen LogP contribution in [0.4, 0.5) is 0 Å². The number of hydrogen-bond acceptors (Lipinski definition) is 5. The molecule has 1 atom stereocenters. The van der Waals surface area contributed by atoms with E-state index in [0.717, 1.165) is 4.88 Å². The van der Waals surface area contributed by atoms with Gasteiger partial charge in [0, 0.05) is 4.88 Å². The van der Waals surface area contributed by atoms with Gasteiger partial charge in [0.1, 0.15) is 0 Å². The van der Waals surface area contributed by atoms with Crippen molar-refractivity contribution in [1.82, 2.24) is 5.32 Å². The highest BCUT2D eigenvalue weighted by Crippen LogP contribution is 2.21. The average Bonchev–Trinajstić information content (AvgIpc) is 2.71. The van der Waals surface area contributed by atoms with Crippen LogP contribution in [-0.4, -0.2) is 36.2 Å². The molecular weight excluding hydrogens is 278 g/mol.